The lowest BCUT2D eigenvalue weighted by Crippen LogP contribution is -1.99. The van der Waals surface area contributed by atoms with E-state index in [1.165, 1.54) is 27.7 Å². The molecule has 3 aromatic carbocycles. The molecule has 0 spiro atoms. The molecule has 0 unspecified atom stereocenters. The van der Waals surface area contributed by atoms with E-state index in [9.17, 15) is 0 Å². The summed E-state index contributed by atoms with van der Waals surface area (Å²) in [4.78, 5) is 0. The fourth-order valence-corrected chi connectivity index (χ4v) is 4.09. The first-order chi connectivity index (χ1) is 16.8. The van der Waals surface area contributed by atoms with Crippen LogP contribution in [0.25, 0.3) is 22.2 Å². The molecule has 0 aliphatic rings. The number of nitrogens with one attached hydrogen (secondary N) is 1. The molecule has 4 nitrogen and oxygen atoms in total. The average molecular weight is 474 g/mol. The standard InChI is InChI=1S/C26H28N2OS.C2H6.CHN/c1-3-16-28-25-15-14-24(29-19-20-8-6-5-7-9-20)17-22(25)18-26(28)21-10-12-23(13-11-21)27-30-4-2;2*1-2/h5-15,17-18,27H,3-4,16,19H2,1-2H3;1-2H3;1H. The van der Waals surface area contributed by atoms with E-state index < -0.39 is 0 Å². The van der Waals surface area contributed by atoms with Crippen molar-refractivity contribution in [2.45, 2.75) is 47.3 Å². The lowest BCUT2D eigenvalue weighted by molar-refractivity contribution is 0.306. The van der Waals surface area contributed by atoms with Gasteiger partial charge < -0.3 is 14.0 Å². The highest BCUT2D eigenvalue weighted by molar-refractivity contribution is 8.00. The van der Waals surface area contributed by atoms with Crippen molar-refractivity contribution in [3.63, 3.8) is 0 Å². The SMILES string of the molecule is C#N.CC.CCCn1c(-c2ccc(NSCC)cc2)cc2cc(OCc3ccccc3)ccc21. The van der Waals surface area contributed by atoms with E-state index in [4.69, 9.17) is 10.00 Å². The van der Waals surface area contributed by atoms with Crippen molar-refractivity contribution in [2.75, 3.05) is 10.5 Å². The summed E-state index contributed by atoms with van der Waals surface area (Å²) in [5.41, 5.74) is 6.06. The average Bonchev–Trinajstić information content (AvgIpc) is 3.27. The normalized spacial score (nSPS) is 9.94. The minimum Gasteiger partial charge on any atom is -0.489 e. The molecule has 0 saturated heterocycles. The molecule has 1 N–H and O–H groups in total. The van der Waals surface area contributed by atoms with Crippen LogP contribution < -0.4 is 9.46 Å². The number of benzene rings is 3. The second-order valence-corrected chi connectivity index (χ2v) is 8.36. The molecular formula is C29H35N3OS. The van der Waals surface area contributed by atoms with Gasteiger partial charge in [-0.3, -0.25) is 0 Å². The van der Waals surface area contributed by atoms with Gasteiger partial charge in [-0.1, -0.05) is 82.1 Å². The smallest absolute Gasteiger partial charge is 0.120 e. The minimum absolute atomic E-state index is 0.582. The number of nitrogens with zero attached hydrogens (tertiary/aromatic N) is 2. The quantitative estimate of drug-likeness (QED) is 0.247. The highest BCUT2D eigenvalue weighted by Gasteiger charge is 2.11. The van der Waals surface area contributed by atoms with Gasteiger partial charge in [0.1, 0.15) is 12.4 Å². The van der Waals surface area contributed by atoms with E-state index in [0.717, 1.165) is 30.2 Å². The summed E-state index contributed by atoms with van der Waals surface area (Å²) in [6.07, 6.45) is 1.09. The van der Waals surface area contributed by atoms with Crippen LogP contribution in [0.3, 0.4) is 0 Å². The first kappa shape index (κ1) is 26.9. The Hall–Kier alpha value is -3.36. The highest BCUT2D eigenvalue weighted by atomic mass is 32.2. The number of hydrogen-bond acceptors (Lipinski definition) is 4. The van der Waals surface area contributed by atoms with Crippen LogP contribution in [0.5, 0.6) is 5.75 Å². The molecule has 0 fully saturated rings. The van der Waals surface area contributed by atoms with E-state index in [2.05, 4.69) is 90.4 Å². The second kappa shape index (κ2) is 14.7. The first-order valence-electron chi connectivity index (χ1n) is 11.8. The number of rotatable bonds is 9. The van der Waals surface area contributed by atoms with Crippen LogP contribution in [0.2, 0.25) is 0 Å². The van der Waals surface area contributed by atoms with Crippen LogP contribution in [0.1, 0.15) is 39.7 Å². The van der Waals surface area contributed by atoms with Crippen LogP contribution in [-0.2, 0) is 13.2 Å². The van der Waals surface area contributed by atoms with Gasteiger partial charge in [-0.05, 0) is 53.9 Å². The molecule has 1 aromatic heterocycles. The predicted molar refractivity (Wildman–Crippen MR) is 148 cm³/mol. The van der Waals surface area contributed by atoms with Gasteiger partial charge in [0.2, 0.25) is 0 Å². The van der Waals surface area contributed by atoms with Gasteiger partial charge >= 0.3 is 0 Å². The van der Waals surface area contributed by atoms with E-state index in [1.807, 2.05) is 32.0 Å². The number of aromatic nitrogens is 1. The zero-order valence-corrected chi connectivity index (χ0v) is 21.4. The van der Waals surface area contributed by atoms with Crippen LogP contribution in [-0.4, -0.2) is 10.3 Å². The topological polar surface area (TPSA) is 50.0 Å². The van der Waals surface area contributed by atoms with Gasteiger partial charge in [0.25, 0.3) is 0 Å². The molecule has 34 heavy (non-hydrogen) atoms. The van der Waals surface area contributed by atoms with Gasteiger partial charge in [-0.2, -0.15) is 0 Å². The third-order valence-corrected chi connectivity index (χ3v) is 5.75. The molecule has 0 amide bonds. The van der Waals surface area contributed by atoms with Crippen molar-refractivity contribution in [2.24, 2.45) is 0 Å². The van der Waals surface area contributed by atoms with Gasteiger partial charge in [0.15, 0.2) is 0 Å². The van der Waals surface area contributed by atoms with Crippen molar-refractivity contribution in [3.8, 4) is 23.6 Å². The molecule has 0 atom stereocenters. The lowest BCUT2D eigenvalue weighted by Gasteiger charge is -2.11. The molecule has 178 valence electrons. The zero-order valence-electron chi connectivity index (χ0n) is 20.6. The Balaban J connectivity index is 0.000000970. The maximum atomic E-state index is 6.50. The Morgan fingerprint density at radius 3 is 2.26 bits per heavy atom. The number of ether oxygens (including phenoxy) is 1. The molecule has 1 heterocycles. The number of fused-ring (bicyclic) bond motifs is 1. The van der Waals surface area contributed by atoms with E-state index in [0.29, 0.717) is 6.61 Å². The molecule has 0 saturated carbocycles. The molecule has 0 aliphatic heterocycles. The Morgan fingerprint density at radius 1 is 0.912 bits per heavy atom. The first-order valence-corrected chi connectivity index (χ1v) is 12.8. The van der Waals surface area contributed by atoms with Crippen LogP contribution in [0.4, 0.5) is 5.69 Å². The summed E-state index contributed by atoms with van der Waals surface area (Å²) < 4.78 is 11.8. The Bertz CT molecular complexity index is 1130. The molecular weight excluding hydrogens is 438 g/mol. The van der Waals surface area contributed by atoms with Crippen LogP contribution >= 0.6 is 11.9 Å². The van der Waals surface area contributed by atoms with Gasteiger partial charge in [-0.15, -0.1) is 0 Å². The zero-order chi connectivity index (χ0) is 24.8. The third-order valence-electron chi connectivity index (χ3n) is 5.08. The second-order valence-electron chi connectivity index (χ2n) is 7.29. The van der Waals surface area contributed by atoms with Crippen molar-refractivity contribution in [1.82, 2.24) is 4.57 Å². The largest absolute Gasteiger partial charge is 0.489 e. The molecule has 5 heteroatoms. The molecule has 0 aliphatic carbocycles. The summed E-state index contributed by atoms with van der Waals surface area (Å²) in [5.74, 6) is 1.95. The fourth-order valence-electron chi connectivity index (χ4n) is 3.65. The Kier molecular flexibility index (Phi) is 11.6. The van der Waals surface area contributed by atoms with Crippen LogP contribution in [0, 0.1) is 11.8 Å². The lowest BCUT2D eigenvalue weighted by atomic mass is 10.1. The van der Waals surface area contributed by atoms with Gasteiger partial charge in [-0.25, -0.2) is 5.26 Å². The van der Waals surface area contributed by atoms with Gasteiger partial charge in [0, 0.05) is 41.2 Å². The molecule has 0 radical (unpaired) electrons. The van der Waals surface area contributed by atoms with E-state index in [1.54, 1.807) is 11.9 Å². The van der Waals surface area contributed by atoms with Crippen molar-refractivity contribution in [1.29, 1.82) is 5.26 Å². The summed E-state index contributed by atoms with van der Waals surface area (Å²) in [6.45, 7) is 13.4. The van der Waals surface area contributed by atoms with Crippen LogP contribution in [0.15, 0.2) is 78.9 Å². The Morgan fingerprint density at radius 2 is 1.62 bits per heavy atom. The molecule has 0 bridgehead atoms. The molecule has 4 rings (SSSR count). The van der Waals surface area contributed by atoms with E-state index in [-0.39, 0.29) is 0 Å². The fraction of sp³-hybridized carbons (Fsp3) is 0.276. The summed E-state index contributed by atoms with van der Waals surface area (Å²) in [7, 11) is 0. The van der Waals surface area contributed by atoms with E-state index >= 15 is 0 Å². The summed E-state index contributed by atoms with van der Waals surface area (Å²) in [6, 6.07) is 27.7. The van der Waals surface area contributed by atoms with Gasteiger partial charge in [0.05, 0.1) is 0 Å². The third kappa shape index (κ3) is 7.07. The Labute approximate surface area is 208 Å². The highest BCUT2D eigenvalue weighted by Crippen LogP contribution is 2.32. The monoisotopic (exact) mass is 473 g/mol. The number of nitriles is 1. The summed E-state index contributed by atoms with van der Waals surface area (Å²) >= 11 is 1.71. The minimum atomic E-state index is 0.582. The number of anilines is 1. The summed E-state index contributed by atoms with van der Waals surface area (Å²) in [5, 5.41) is 7.72. The molecule has 4 aromatic rings. The number of hydrogen-bond donors (Lipinski definition) is 1. The maximum Gasteiger partial charge on any atom is 0.120 e. The predicted octanol–water partition coefficient (Wildman–Crippen LogP) is 8.54. The number of aryl methyl sites for hydroxylation is 1. The van der Waals surface area contributed by atoms with Crippen molar-refractivity contribution < 1.29 is 4.74 Å². The maximum absolute atomic E-state index is 6.50. The van der Waals surface area contributed by atoms with Crippen molar-refractivity contribution >= 4 is 28.5 Å². The van der Waals surface area contributed by atoms with Crippen molar-refractivity contribution in [3.05, 3.63) is 84.4 Å².